The van der Waals surface area contributed by atoms with E-state index in [1.807, 2.05) is 12.1 Å². The van der Waals surface area contributed by atoms with Gasteiger partial charge in [0, 0.05) is 0 Å². The van der Waals surface area contributed by atoms with E-state index in [1.165, 1.54) is 0 Å². The van der Waals surface area contributed by atoms with Crippen LogP contribution in [-0.4, -0.2) is 10.6 Å². The average molecular weight is 322 g/mol. The Hall–Kier alpha value is -2.12. The summed E-state index contributed by atoms with van der Waals surface area (Å²) in [4.78, 5) is 22.7. The number of carbonyl (C=O) groups is 2. The summed E-state index contributed by atoms with van der Waals surface area (Å²) in [6.45, 7) is 0. The Morgan fingerprint density at radius 3 is 1.43 bits per heavy atom. The Labute approximate surface area is 130 Å². The van der Waals surface area contributed by atoms with Crippen molar-refractivity contribution in [2.75, 3.05) is 0 Å². The Bertz CT molecular complexity index is 535. The largest absolute Gasteiger partial charge is 0.415 e. The van der Waals surface area contributed by atoms with Gasteiger partial charge in [0.1, 0.15) is 11.5 Å². The lowest BCUT2D eigenvalue weighted by Gasteiger charge is -2.03. The van der Waals surface area contributed by atoms with Crippen molar-refractivity contribution in [1.29, 1.82) is 0 Å². The van der Waals surface area contributed by atoms with E-state index in [9.17, 15) is 9.59 Å². The van der Waals surface area contributed by atoms with Crippen LogP contribution in [0.1, 0.15) is 0 Å². The normalized spacial score (nSPS) is 9.71. The second-order valence-corrected chi connectivity index (χ2v) is 4.89. The zero-order chi connectivity index (χ0) is 14.9. The molecule has 0 amide bonds. The van der Waals surface area contributed by atoms with Crippen molar-refractivity contribution < 1.29 is 22.7 Å². The Balaban J connectivity index is 1.69. The molecule has 0 aliphatic rings. The number of hydrogen-bond donors (Lipinski definition) is 0. The fourth-order valence-electron chi connectivity index (χ4n) is 1.22. The van der Waals surface area contributed by atoms with Gasteiger partial charge >= 0.3 is 10.6 Å². The lowest BCUT2D eigenvalue weighted by Crippen LogP contribution is -2.05. The first kappa shape index (κ1) is 15.3. The highest BCUT2D eigenvalue weighted by Gasteiger charge is 2.15. The van der Waals surface area contributed by atoms with Crippen molar-refractivity contribution in [2.45, 2.75) is 0 Å². The van der Waals surface area contributed by atoms with Crippen molar-refractivity contribution in [3.05, 3.63) is 60.7 Å². The Kier molecular flexibility index (Phi) is 5.99. The van der Waals surface area contributed by atoms with E-state index in [2.05, 4.69) is 4.74 Å². The second-order valence-electron chi connectivity index (χ2n) is 3.56. The van der Waals surface area contributed by atoms with Crippen molar-refractivity contribution >= 4 is 34.7 Å². The molecule has 0 spiro atoms. The molecule has 2 aromatic carbocycles. The maximum Gasteiger partial charge on any atom is 0.415 e. The standard InChI is InChI=1S/C14H10O5S2/c15-13(20-18-11-7-3-1-4-8-11)17-14(16)21-19-12-9-5-2-6-10-12/h1-10H. The number of para-hydroxylation sites is 2. The quantitative estimate of drug-likeness (QED) is 0.459. The highest BCUT2D eigenvalue weighted by atomic mass is 32.2. The molecule has 21 heavy (non-hydrogen) atoms. The van der Waals surface area contributed by atoms with Gasteiger partial charge in [0.15, 0.2) is 24.1 Å². The molecule has 0 saturated carbocycles. The molecule has 0 radical (unpaired) electrons. The van der Waals surface area contributed by atoms with Gasteiger partial charge < -0.3 is 13.1 Å². The molecule has 7 heteroatoms. The summed E-state index contributed by atoms with van der Waals surface area (Å²) in [5.74, 6) is 0.972. The molecule has 0 aliphatic heterocycles. The van der Waals surface area contributed by atoms with E-state index < -0.39 is 10.6 Å². The van der Waals surface area contributed by atoms with Crippen LogP contribution in [0.3, 0.4) is 0 Å². The summed E-state index contributed by atoms with van der Waals surface area (Å²) < 4.78 is 14.6. The zero-order valence-electron chi connectivity index (χ0n) is 10.6. The molecule has 2 aromatic rings. The SMILES string of the molecule is O=C(OC(=O)SOc1ccccc1)SOc1ccccc1. The van der Waals surface area contributed by atoms with Crippen molar-refractivity contribution in [3.8, 4) is 11.5 Å². The maximum atomic E-state index is 11.4. The first-order valence-electron chi connectivity index (χ1n) is 5.79. The second kappa shape index (κ2) is 8.23. The monoisotopic (exact) mass is 322 g/mol. The van der Waals surface area contributed by atoms with E-state index in [0.29, 0.717) is 35.6 Å². The van der Waals surface area contributed by atoms with Crippen LogP contribution in [-0.2, 0) is 4.74 Å². The lowest BCUT2D eigenvalue weighted by molar-refractivity contribution is 0.185. The van der Waals surface area contributed by atoms with Gasteiger partial charge in [0.2, 0.25) is 0 Å². The third kappa shape index (κ3) is 5.80. The molecule has 0 heterocycles. The minimum Gasteiger partial charge on any atom is -0.415 e. The van der Waals surface area contributed by atoms with Crippen LogP contribution < -0.4 is 8.37 Å². The molecule has 0 atom stereocenters. The highest BCUT2D eigenvalue weighted by molar-refractivity contribution is 8.11. The number of carbonyl (C=O) groups excluding carboxylic acids is 2. The molecule has 0 fully saturated rings. The average Bonchev–Trinajstić information content (AvgIpc) is 2.53. The molecular formula is C14H10O5S2. The molecule has 0 aliphatic carbocycles. The van der Waals surface area contributed by atoms with Crippen LogP contribution in [0.25, 0.3) is 0 Å². The van der Waals surface area contributed by atoms with E-state index in [4.69, 9.17) is 8.37 Å². The van der Waals surface area contributed by atoms with Gasteiger partial charge in [-0.2, -0.15) is 0 Å². The molecular weight excluding hydrogens is 312 g/mol. The van der Waals surface area contributed by atoms with E-state index in [-0.39, 0.29) is 0 Å². The van der Waals surface area contributed by atoms with Crippen molar-refractivity contribution in [2.24, 2.45) is 0 Å². The predicted molar refractivity (Wildman–Crippen MR) is 81.2 cm³/mol. The van der Waals surface area contributed by atoms with E-state index in [0.717, 1.165) is 0 Å². The summed E-state index contributed by atoms with van der Waals surface area (Å²) in [5.41, 5.74) is 0. The first-order chi connectivity index (χ1) is 10.2. The van der Waals surface area contributed by atoms with E-state index >= 15 is 0 Å². The van der Waals surface area contributed by atoms with Gasteiger partial charge in [-0.1, -0.05) is 36.4 Å². The molecule has 5 nitrogen and oxygen atoms in total. The van der Waals surface area contributed by atoms with Gasteiger partial charge in [-0.25, -0.2) is 9.59 Å². The molecule has 0 saturated heterocycles. The van der Waals surface area contributed by atoms with Gasteiger partial charge in [-0.15, -0.1) is 0 Å². The number of hydrogen-bond acceptors (Lipinski definition) is 7. The summed E-state index contributed by atoms with van der Waals surface area (Å²) in [6, 6.07) is 17.4. The van der Waals surface area contributed by atoms with Gasteiger partial charge in [-0.3, -0.25) is 0 Å². The van der Waals surface area contributed by atoms with Crippen LogP contribution in [0, 0.1) is 0 Å². The fraction of sp³-hybridized carbons (Fsp3) is 0. The molecule has 0 bridgehead atoms. The third-order valence-corrected chi connectivity index (χ3v) is 3.06. The molecule has 0 unspecified atom stereocenters. The third-order valence-electron chi connectivity index (χ3n) is 2.06. The zero-order valence-corrected chi connectivity index (χ0v) is 12.3. The van der Waals surface area contributed by atoms with Crippen molar-refractivity contribution in [1.82, 2.24) is 0 Å². The molecule has 108 valence electrons. The van der Waals surface area contributed by atoms with Gasteiger partial charge in [-0.05, 0) is 24.3 Å². The summed E-state index contributed by atoms with van der Waals surface area (Å²) in [6.07, 6.45) is 0. The molecule has 0 N–H and O–H groups in total. The van der Waals surface area contributed by atoms with Crippen LogP contribution >= 0.6 is 24.1 Å². The predicted octanol–water partition coefficient (Wildman–Crippen LogP) is 4.70. The summed E-state index contributed by atoms with van der Waals surface area (Å²) >= 11 is 0.857. The van der Waals surface area contributed by atoms with Crippen molar-refractivity contribution in [3.63, 3.8) is 0 Å². The molecule has 2 rings (SSSR count). The number of benzene rings is 2. The van der Waals surface area contributed by atoms with Crippen LogP contribution in [0.15, 0.2) is 60.7 Å². The van der Waals surface area contributed by atoms with Gasteiger partial charge in [0.25, 0.3) is 0 Å². The number of ether oxygens (including phenoxy) is 1. The van der Waals surface area contributed by atoms with Gasteiger partial charge in [0.05, 0.1) is 0 Å². The topological polar surface area (TPSA) is 61.8 Å². The van der Waals surface area contributed by atoms with Crippen LogP contribution in [0.4, 0.5) is 9.59 Å². The Morgan fingerprint density at radius 1 is 0.667 bits per heavy atom. The van der Waals surface area contributed by atoms with Crippen LogP contribution in [0.5, 0.6) is 11.5 Å². The minimum absolute atomic E-state index is 0.429. The summed E-state index contributed by atoms with van der Waals surface area (Å²) in [5, 5.41) is -1.74. The first-order valence-corrected chi connectivity index (χ1v) is 7.27. The highest BCUT2D eigenvalue weighted by Crippen LogP contribution is 2.20. The maximum absolute atomic E-state index is 11.4. The lowest BCUT2D eigenvalue weighted by atomic mass is 10.3. The number of rotatable bonds is 4. The van der Waals surface area contributed by atoms with E-state index in [1.54, 1.807) is 48.5 Å². The van der Waals surface area contributed by atoms with Crippen LogP contribution in [0.2, 0.25) is 0 Å². The summed E-state index contributed by atoms with van der Waals surface area (Å²) in [7, 11) is 0. The fourth-order valence-corrected chi connectivity index (χ4v) is 2.04. The smallest absolute Gasteiger partial charge is 0.415 e. The molecule has 0 aromatic heterocycles. The minimum atomic E-state index is -0.868. The Morgan fingerprint density at radius 2 is 1.05 bits per heavy atom.